The highest BCUT2D eigenvalue weighted by atomic mass is 79.9. The molecule has 2 rings (SSSR count). The fourth-order valence-corrected chi connectivity index (χ4v) is 2.52. The van der Waals surface area contributed by atoms with Crippen LogP contribution in [0.5, 0.6) is 0 Å². The van der Waals surface area contributed by atoms with E-state index in [0.29, 0.717) is 18.1 Å². The number of likely N-dealkylation sites (N-methyl/N-ethyl adjacent to an activating group) is 1. The SMILES string of the molecule is CN(C)CCN1C(N)=NCC1c1cc(Br)ccc1F. The van der Waals surface area contributed by atoms with Crippen molar-refractivity contribution >= 4 is 21.9 Å². The Hall–Kier alpha value is -1.14. The van der Waals surface area contributed by atoms with E-state index >= 15 is 0 Å². The Labute approximate surface area is 121 Å². The third-order valence-electron chi connectivity index (χ3n) is 3.20. The normalized spacial score (nSPS) is 19.1. The number of nitrogens with zero attached hydrogens (tertiary/aromatic N) is 3. The number of guanidine groups is 1. The highest BCUT2D eigenvalue weighted by molar-refractivity contribution is 9.10. The number of rotatable bonds is 4. The van der Waals surface area contributed by atoms with Crippen LogP contribution in [0, 0.1) is 5.82 Å². The second-order valence-corrected chi connectivity index (χ2v) is 5.79. The first-order valence-corrected chi connectivity index (χ1v) is 6.94. The fraction of sp³-hybridized carbons (Fsp3) is 0.462. The minimum atomic E-state index is -0.215. The van der Waals surface area contributed by atoms with Crippen molar-refractivity contribution < 1.29 is 4.39 Å². The molecular formula is C13H18BrFN4. The molecule has 0 aromatic heterocycles. The maximum atomic E-state index is 14.0. The van der Waals surface area contributed by atoms with E-state index in [0.717, 1.165) is 17.6 Å². The van der Waals surface area contributed by atoms with Gasteiger partial charge >= 0.3 is 0 Å². The van der Waals surface area contributed by atoms with Crippen molar-refractivity contribution in [2.24, 2.45) is 10.7 Å². The smallest absolute Gasteiger partial charge is 0.191 e. The van der Waals surface area contributed by atoms with Gasteiger partial charge in [-0.1, -0.05) is 15.9 Å². The summed E-state index contributed by atoms with van der Waals surface area (Å²) in [5.41, 5.74) is 6.54. The number of hydrogen-bond acceptors (Lipinski definition) is 4. The van der Waals surface area contributed by atoms with Gasteiger partial charge in [-0.2, -0.15) is 0 Å². The monoisotopic (exact) mass is 328 g/mol. The highest BCUT2D eigenvalue weighted by Crippen LogP contribution is 2.29. The lowest BCUT2D eigenvalue weighted by molar-refractivity contribution is 0.289. The standard InChI is InChI=1S/C13H18BrFN4/c1-18(2)5-6-19-12(8-17-13(19)16)10-7-9(14)3-4-11(10)15/h3-4,7,12H,5-6,8H2,1-2H3,(H2,16,17). The molecule has 0 fully saturated rings. The average molecular weight is 329 g/mol. The van der Waals surface area contributed by atoms with Crippen LogP contribution in [-0.4, -0.2) is 49.5 Å². The predicted octanol–water partition coefficient (Wildman–Crippen LogP) is 1.82. The van der Waals surface area contributed by atoms with Crippen molar-refractivity contribution in [3.05, 3.63) is 34.1 Å². The first-order chi connectivity index (χ1) is 8.99. The van der Waals surface area contributed by atoms with Crippen molar-refractivity contribution in [2.75, 3.05) is 33.7 Å². The lowest BCUT2D eigenvalue weighted by Crippen LogP contribution is -2.40. The van der Waals surface area contributed by atoms with Crippen molar-refractivity contribution in [3.63, 3.8) is 0 Å². The summed E-state index contributed by atoms with van der Waals surface area (Å²) in [5.74, 6) is 0.277. The summed E-state index contributed by atoms with van der Waals surface area (Å²) in [7, 11) is 4.00. The zero-order chi connectivity index (χ0) is 14.0. The highest BCUT2D eigenvalue weighted by Gasteiger charge is 2.29. The fourth-order valence-electron chi connectivity index (χ4n) is 2.14. The molecule has 0 saturated heterocycles. The third kappa shape index (κ3) is 3.25. The molecule has 0 saturated carbocycles. The van der Waals surface area contributed by atoms with Crippen molar-refractivity contribution in [1.82, 2.24) is 9.80 Å². The van der Waals surface area contributed by atoms with Gasteiger partial charge in [0, 0.05) is 23.1 Å². The number of nitrogens with two attached hydrogens (primary N) is 1. The molecule has 19 heavy (non-hydrogen) atoms. The Kier molecular flexibility index (Phi) is 4.42. The molecule has 0 bridgehead atoms. The Morgan fingerprint density at radius 3 is 2.95 bits per heavy atom. The lowest BCUT2D eigenvalue weighted by Gasteiger charge is -2.28. The van der Waals surface area contributed by atoms with Crippen LogP contribution in [0.15, 0.2) is 27.7 Å². The molecule has 0 spiro atoms. The first-order valence-electron chi connectivity index (χ1n) is 6.15. The minimum Gasteiger partial charge on any atom is -0.370 e. The Morgan fingerprint density at radius 1 is 1.53 bits per heavy atom. The molecule has 4 nitrogen and oxygen atoms in total. The first kappa shape index (κ1) is 14.3. The summed E-state index contributed by atoms with van der Waals surface area (Å²) >= 11 is 3.38. The van der Waals surface area contributed by atoms with Gasteiger partial charge in [0.2, 0.25) is 0 Å². The summed E-state index contributed by atoms with van der Waals surface area (Å²) in [6.45, 7) is 2.09. The van der Waals surface area contributed by atoms with Gasteiger partial charge in [0.05, 0.1) is 12.6 Å². The molecule has 1 atom stereocenters. The molecule has 1 aromatic rings. The van der Waals surface area contributed by atoms with E-state index < -0.39 is 0 Å². The molecule has 1 unspecified atom stereocenters. The molecule has 1 aromatic carbocycles. The van der Waals surface area contributed by atoms with E-state index in [-0.39, 0.29) is 11.9 Å². The number of aliphatic imine (C=N–C) groups is 1. The van der Waals surface area contributed by atoms with Crippen molar-refractivity contribution in [2.45, 2.75) is 6.04 Å². The zero-order valence-corrected chi connectivity index (χ0v) is 12.7. The maximum absolute atomic E-state index is 14.0. The van der Waals surface area contributed by atoms with Crippen LogP contribution in [0.1, 0.15) is 11.6 Å². The van der Waals surface area contributed by atoms with Crippen LogP contribution in [0.3, 0.4) is 0 Å². The third-order valence-corrected chi connectivity index (χ3v) is 3.70. The quantitative estimate of drug-likeness (QED) is 0.917. The number of halogens is 2. The lowest BCUT2D eigenvalue weighted by atomic mass is 10.1. The zero-order valence-electron chi connectivity index (χ0n) is 11.1. The molecule has 0 radical (unpaired) electrons. The molecule has 0 aliphatic carbocycles. The largest absolute Gasteiger partial charge is 0.370 e. The van der Waals surface area contributed by atoms with Crippen LogP contribution < -0.4 is 5.73 Å². The van der Waals surface area contributed by atoms with Gasteiger partial charge in [0.25, 0.3) is 0 Å². The molecule has 2 N–H and O–H groups in total. The van der Waals surface area contributed by atoms with Gasteiger partial charge in [0.1, 0.15) is 5.82 Å². The summed E-state index contributed by atoms with van der Waals surface area (Å²) in [6, 6.07) is 4.86. The van der Waals surface area contributed by atoms with Crippen LogP contribution >= 0.6 is 15.9 Å². The molecule has 0 amide bonds. The van der Waals surface area contributed by atoms with Crippen LogP contribution in [0.2, 0.25) is 0 Å². The summed E-state index contributed by atoms with van der Waals surface area (Å²) in [6.07, 6.45) is 0. The van der Waals surface area contributed by atoms with E-state index in [9.17, 15) is 4.39 Å². The molecular weight excluding hydrogens is 311 g/mol. The van der Waals surface area contributed by atoms with E-state index in [1.54, 1.807) is 12.1 Å². The second-order valence-electron chi connectivity index (χ2n) is 4.88. The predicted molar refractivity (Wildman–Crippen MR) is 78.6 cm³/mol. The minimum absolute atomic E-state index is 0.113. The molecule has 1 aliphatic rings. The van der Waals surface area contributed by atoms with Crippen LogP contribution in [0.25, 0.3) is 0 Å². The van der Waals surface area contributed by atoms with Gasteiger partial charge in [-0.15, -0.1) is 0 Å². The van der Waals surface area contributed by atoms with E-state index in [2.05, 4.69) is 25.8 Å². The Balaban J connectivity index is 2.21. The Bertz CT molecular complexity index is 490. The molecule has 1 heterocycles. The van der Waals surface area contributed by atoms with Crippen molar-refractivity contribution in [3.8, 4) is 0 Å². The van der Waals surface area contributed by atoms with Gasteiger partial charge in [0.15, 0.2) is 5.96 Å². The van der Waals surface area contributed by atoms with Gasteiger partial charge in [-0.3, -0.25) is 4.99 Å². The summed E-state index contributed by atoms with van der Waals surface area (Å²) in [4.78, 5) is 8.28. The summed E-state index contributed by atoms with van der Waals surface area (Å²) < 4.78 is 14.8. The van der Waals surface area contributed by atoms with E-state index in [4.69, 9.17) is 5.73 Å². The number of benzene rings is 1. The van der Waals surface area contributed by atoms with E-state index in [1.807, 2.05) is 19.0 Å². The maximum Gasteiger partial charge on any atom is 0.191 e. The number of hydrogen-bond donors (Lipinski definition) is 1. The second kappa shape index (κ2) is 5.88. The molecule has 104 valence electrons. The summed E-state index contributed by atoms with van der Waals surface area (Å²) in [5, 5.41) is 0. The topological polar surface area (TPSA) is 44.9 Å². The van der Waals surface area contributed by atoms with Crippen LogP contribution in [-0.2, 0) is 0 Å². The van der Waals surface area contributed by atoms with Gasteiger partial charge in [-0.25, -0.2) is 4.39 Å². The molecule has 1 aliphatic heterocycles. The average Bonchev–Trinajstić information content (AvgIpc) is 2.71. The molecule has 6 heteroatoms. The Morgan fingerprint density at radius 2 is 2.26 bits per heavy atom. The van der Waals surface area contributed by atoms with Gasteiger partial charge < -0.3 is 15.5 Å². The van der Waals surface area contributed by atoms with Gasteiger partial charge in [-0.05, 0) is 32.3 Å². The van der Waals surface area contributed by atoms with Crippen LogP contribution in [0.4, 0.5) is 4.39 Å². The van der Waals surface area contributed by atoms with E-state index in [1.165, 1.54) is 6.07 Å². The van der Waals surface area contributed by atoms with Crippen molar-refractivity contribution in [1.29, 1.82) is 0 Å².